The van der Waals surface area contributed by atoms with Crippen LogP contribution in [0.1, 0.15) is 19.7 Å². The van der Waals surface area contributed by atoms with Gasteiger partial charge < -0.3 is 15.4 Å². The van der Waals surface area contributed by atoms with Gasteiger partial charge in [0.15, 0.2) is 5.82 Å². The van der Waals surface area contributed by atoms with E-state index >= 15 is 0 Å². The van der Waals surface area contributed by atoms with Gasteiger partial charge in [-0.2, -0.15) is 11.8 Å². The summed E-state index contributed by atoms with van der Waals surface area (Å²) in [5.74, 6) is 3.23. The zero-order valence-corrected chi connectivity index (χ0v) is 11.7. The molecule has 0 bridgehead atoms. The van der Waals surface area contributed by atoms with Gasteiger partial charge in [0.2, 0.25) is 0 Å². The van der Waals surface area contributed by atoms with Crippen molar-refractivity contribution in [2.75, 3.05) is 36.1 Å². The van der Waals surface area contributed by atoms with Crippen molar-refractivity contribution in [2.45, 2.75) is 25.7 Å². The molecule has 0 aliphatic carbocycles. The largest absolute Gasteiger partial charge is 0.384 e. The van der Waals surface area contributed by atoms with Crippen LogP contribution in [0.15, 0.2) is 6.07 Å². The maximum Gasteiger partial charge on any atom is 0.158 e. The maximum atomic E-state index is 5.83. The van der Waals surface area contributed by atoms with Crippen LogP contribution in [0.4, 0.5) is 11.6 Å². The van der Waals surface area contributed by atoms with Crippen LogP contribution >= 0.6 is 11.8 Å². The fraction of sp³-hybridized carbons (Fsp3) is 0.667. The summed E-state index contributed by atoms with van der Waals surface area (Å²) in [7, 11) is 0. The SMILES string of the molecule is CCOCc1nc(N)cc(N2CCSC(C)C2)n1. The Morgan fingerprint density at radius 1 is 1.56 bits per heavy atom. The Balaban J connectivity index is 2.13. The van der Waals surface area contributed by atoms with E-state index in [0.29, 0.717) is 30.1 Å². The van der Waals surface area contributed by atoms with Crippen molar-refractivity contribution in [3.63, 3.8) is 0 Å². The minimum absolute atomic E-state index is 0.423. The van der Waals surface area contributed by atoms with E-state index in [1.165, 1.54) is 0 Å². The zero-order valence-electron chi connectivity index (χ0n) is 10.9. The second kappa shape index (κ2) is 6.24. The Labute approximate surface area is 112 Å². The molecule has 1 aromatic heterocycles. The minimum Gasteiger partial charge on any atom is -0.384 e. The quantitative estimate of drug-likeness (QED) is 0.893. The van der Waals surface area contributed by atoms with Crippen molar-refractivity contribution < 1.29 is 4.74 Å². The summed E-state index contributed by atoms with van der Waals surface area (Å²) in [6.45, 7) is 7.30. The number of aromatic nitrogens is 2. The molecule has 18 heavy (non-hydrogen) atoms. The van der Waals surface area contributed by atoms with Crippen molar-refractivity contribution in [1.29, 1.82) is 0 Å². The van der Waals surface area contributed by atoms with Gasteiger partial charge in [0.25, 0.3) is 0 Å². The molecule has 1 aliphatic heterocycles. The van der Waals surface area contributed by atoms with Gasteiger partial charge in [0.05, 0.1) is 0 Å². The second-order valence-electron chi connectivity index (χ2n) is 4.33. The van der Waals surface area contributed by atoms with Crippen LogP contribution in [0.5, 0.6) is 0 Å². The molecule has 100 valence electrons. The molecule has 0 amide bonds. The number of hydrogen-bond donors (Lipinski definition) is 1. The summed E-state index contributed by atoms with van der Waals surface area (Å²) in [5, 5.41) is 0.630. The summed E-state index contributed by atoms with van der Waals surface area (Å²) in [6.07, 6.45) is 0. The van der Waals surface area contributed by atoms with E-state index in [9.17, 15) is 0 Å². The Kier molecular flexibility index (Phi) is 4.66. The lowest BCUT2D eigenvalue weighted by Gasteiger charge is -2.31. The number of ether oxygens (including phenoxy) is 1. The van der Waals surface area contributed by atoms with Gasteiger partial charge in [-0.05, 0) is 6.92 Å². The summed E-state index contributed by atoms with van der Waals surface area (Å²) < 4.78 is 5.33. The Morgan fingerprint density at radius 2 is 2.39 bits per heavy atom. The molecule has 1 aliphatic rings. The van der Waals surface area contributed by atoms with Crippen LogP contribution in [0.2, 0.25) is 0 Å². The van der Waals surface area contributed by atoms with E-state index in [0.717, 1.165) is 24.7 Å². The molecule has 2 N–H and O–H groups in total. The highest BCUT2D eigenvalue weighted by Crippen LogP contribution is 2.23. The van der Waals surface area contributed by atoms with E-state index < -0.39 is 0 Å². The monoisotopic (exact) mass is 268 g/mol. The van der Waals surface area contributed by atoms with Crippen molar-refractivity contribution in [1.82, 2.24) is 9.97 Å². The number of rotatable bonds is 4. The van der Waals surface area contributed by atoms with Gasteiger partial charge in [-0.1, -0.05) is 6.92 Å². The fourth-order valence-corrected chi connectivity index (χ4v) is 2.96. The van der Waals surface area contributed by atoms with E-state index in [1.807, 2.05) is 24.8 Å². The van der Waals surface area contributed by atoms with Gasteiger partial charge in [-0.15, -0.1) is 0 Å². The number of anilines is 2. The highest BCUT2D eigenvalue weighted by molar-refractivity contribution is 8.00. The molecule has 1 aromatic rings. The van der Waals surface area contributed by atoms with Gasteiger partial charge in [-0.3, -0.25) is 0 Å². The molecule has 0 saturated carbocycles. The highest BCUT2D eigenvalue weighted by Gasteiger charge is 2.18. The lowest BCUT2D eigenvalue weighted by molar-refractivity contribution is 0.128. The third-order valence-electron chi connectivity index (χ3n) is 2.78. The van der Waals surface area contributed by atoms with Crippen molar-refractivity contribution in [3.8, 4) is 0 Å². The zero-order chi connectivity index (χ0) is 13.0. The van der Waals surface area contributed by atoms with Crippen LogP contribution in [0.3, 0.4) is 0 Å². The maximum absolute atomic E-state index is 5.83. The molecule has 1 saturated heterocycles. The Bertz CT molecular complexity index is 402. The minimum atomic E-state index is 0.423. The van der Waals surface area contributed by atoms with Crippen LogP contribution in [-0.2, 0) is 11.3 Å². The number of nitrogens with zero attached hydrogens (tertiary/aromatic N) is 3. The summed E-state index contributed by atoms with van der Waals surface area (Å²) in [6, 6.07) is 1.85. The number of hydrogen-bond acceptors (Lipinski definition) is 6. The predicted molar refractivity (Wildman–Crippen MR) is 75.9 cm³/mol. The third-order valence-corrected chi connectivity index (χ3v) is 3.92. The molecule has 1 fully saturated rings. The number of thioether (sulfide) groups is 1. The molecular formula is C12H20N4OS. The van der Waals surface area contributed by atoms with Gasteiger partial charge >= 0.3 is 0 Å². The van der Waals surface area contributed by atoms with Crippen LogP contribution < -0.4 is 10.6 Å². The van der Waals surface area contributed by atoms with E-state index in [2.05, 4.69) is 21.8 Å². The van der Waals surface area contributed by atoms with E-state index in [1.54, 1.807) is 0 Å². The van der Waals surface area contributed by atoms with Crippen LogP contribution in [-0.4, -0.2) is 40.7 Å². The van der Waals surface area contributed by atoms with E-state index in [-0.39, 0.29) is 0 Å². The van der Waals surface area contributed by atoms with Gasteiger partial charge in [0.1, 0.15) is 18.2 Å². The van der Waals surface area contributed by atoms with E-state index in [4.69, 9.17) is 10.5 Å². The molecule has 2 rings (SSSR count). The molecular weight excluding hydrogens is 248 g/mol. The molecule has 6 heteroatoms. The molecule has 0 spiro atoms. The van der Waals surface area contributed by atoms with Crippen LogP contribution in [0, 0.1) is 0 Å². The summed E-state index contributed by atoms with van der Waals surface area (Å²) >= 11 is 2.00. The average molecular weight is 268 g/mol. The molecule has 1 atom stereocenters. The standard InChI is InChI=1S/C12H20N4OS/c1-3-17-8-11-14-10(13)6-12(15-11)16-4-5-18-9(2)7-16/h6,9H,3-5,7-8H2,1-2H3,(H2,13,14,15). The summed E-state index contributed by atoms with van der Waals surface area (Å²) in [4.78, 5) is 11.0. The topological polar surface area (TPSA) is 64.3 Å². The van der Waals surface area contributed by atoms with Gasteiger partial charge in [-0.25, -0.2) is 9.97 Å². The Morgan fingerprint density at radius 3 is 3.11 bits per heavy atom. The lowest BCUT2D eigenvalue weighted by atomic mass is 10.3. The summed E-state index contributed by atoms with van der Waals surface area (Å²) in [5.41, 5.74) is 5.83. The third kappa shape index (κ3) is 3.49. The van der Waals surface area contributed by atoms with Crippen molar-refractivity contribution in [3.05, 3.63) is 11.9 Å². The van der Waals surface area contributed by atoms with Crippen molar-refractivity contribution >= 4 is 23.4 Å². The Hall–Kier alpha value is -1.01. The predicted octanol–water partition coefficient (Wildman–Crippen LogP) is 1.54. The lowest BCUT2D eigenvalue weighted by Crippen LogP contribution is -2.37. The number of nitrogens with two attached hydrogens (primary N) is 1. The molecule has 0 aromatic carbocycles. The highest BCUT2D eigenvalue weighted by atomic mass is 32.2. The van der Waals surface area contributed by atoms with Crippen molar-refractivity contribution in [2.24, 2.45) is 0 Å². The fourth-order valence-electron chi connectivity index (χ4n) is 1.95. The molecule has 1 unspecified atom stereocenters. The first-order chi connectivity index (χ1) is 8.69. The first-order valence-corrected chi connectivity index (χ1v) is 7.31. The molecule has 5 nitrogen and oxygen atoms in total. The number of nitrogen functional groups attached to an aromatic ring is 1. The normalized spacial score (nSPS) is 20.1. The smallest absolute Gasteiger partial charge is 0.158 e. The molecule has 0 radical (unpaired) electrons. The average Bonchev–Trinajstić information content (AvgIpc) is 2.36. The van der Waals surface area contributed by atoms with Crippen LogP contribution in [0.25, 0.3) is 0 Å². The van der Waals surface area contributed by atoms with Gasteiger partial charge in [0, 0.05) is 36.8 Å². The second-order valence-corrected chi connectivity index (χ2v) is 5.88. The first kappa shape index (κ1) is 13.4. The first-order valence-electron chi connectivity index (χ1n) is 6.26. The molecule has 2 heterocycles.